The first-order valence-corrected chi connectivity index (χ1v) is 6.07. The van der Waals surface area contributed by atoms with Crippen molar-refractivity contribution in [3.63, 3.8) is 0 Å². The van der Waals surface area contributed by atoms with E-state index >= 15 is 0 Å². The fraction of sp³-hybridized carbons (Fsp3) is 0.500. The standard InChI is InChI=1S/C14H22N2O/c1-14(2,13(15)17)11-16-10-6-9-12-7-4-3-5-8-12/h3-5,7-8,16H,6,9-11H2,1-2H3,(H2,15,17). The molecule has 0 atom stereocenters. The van der Waals surface area contributed by atoms with Gasteiger partial charge in [0.1, 0.15) is 0 Å². The molecule has 0 saturated carbocycles. The summed E-state index contributed by atoms with van der Waals surface area (Å²) in [6.45, 7) is 5.27. The third kappa shape index (κ3) is 5.00. The van der Waals surface area contributed by atoms with Crippen molar-refractivity contribution >= 4 is 5.91 Å². The Labute approximate surface area is 103 Å². The Morgan fingerprint density at radius 2 is 1.94 bits per heavy atom. The summed E-state index contributed by atoms with van der Waals surface area (Å²) < 4.78 is 0. The number of benzene rings is 1. The number of rotatable bonds is 7. The van der Waals surface area contributed by atoms with Crippen LogP contribution in [-0.4, -0.2) is 19.0 Å². The lowest BCUT2D eigenvalue weighted by atomic mass is 9.93. The number of aryl methyl sites for hydroxylation is 1. The van der Waals surface area contributed by atoms with Crippen LogP contribution in [0.25, 0.3) is 0 Å². The molecule has 0 aliphatic carbocycles. The van der Waals surface area contributed by atoms with Crippen LogP contribution in [0.1, 0.15) is 25.8 Å². The summed E-state index contributed by atoms with van der Waals surface area (Å²) in [5, 5.41) is 3.28. The van der Waals surface area contributed by atoms with Gasteiger partial charge in [-0.05, 0) is 38.8 Å². The molecule has 94 valence electrons. The third-order valence-electron chi connectivity index (χ3n) is 2.90. The van der Waals surface area contributed by atoms with Gasteiger partial charge in [0, 0.05) is 6.54 Å². The van der Waals surface area contributed by atoms with Crippen LogP contribution < -0.4 is 11.1 Å². The average molecular weight is 234 g/mol. The molecule has 1 amide bonds. The van der Waals surface area contributed by atoms with E-state index in [0.29, 0.717) is 6.54 Å². The smallest absolute Gasteiger partial charge is 0.224 e. The number of carbonyl (C=O) groups is 1. The maximum Gasteiger partial charge on any atom is 0.224 e. The average Bonchev–Trinajstić information content (AvgIpc) is 2.29. The van der Waals surface area contributed by atoms with Gasteiger partial charge in [0.05, 0.1) is 5.41 Å². The zero-order chi connectivity index (χ0) is 12.7. The van der Waals surface area contributed by atoms with E-state index in [1.54, 1.807) is 0 Å². The highest BCUT2D eigenvalue weighted by Crippen LogP contribution is 2.11. The normalized spacial score (nSPS) is 11.4. The third-order valence-corrected chi connectivity index (χ3v) is 2.90. The van der Waals surface area contributed by atoms with Crippen molar-refractivity contribution in [3.8, 4) is 0 Å². The van der Waals surface area contributed by atoms with E-state index in [1.165, 1.54) is 5.56 Å². The lowest BCUT2D eigenvalue weighted by Gasteiger charge is -2.20. The van der Waals surface area contributed by atoms with Gasteiger partial charge in [-0.2, -0.15) is 0 Å². The number of carbonyl (C=O) groups excluding carboxylic acids is 1. The number of amides is 1. The van der Waals surface area contributed by atoms with Crippen molar-refractivity contribution < 1.29 is 4.79 Å². The zero-order valence-corrected chi connectivity index (χ0v) is 10.7. The molecule has 0 heterocycles. The molecule has 3 nitrogen and oxygen atoms in total. The highest BCUT2D eigenvalue weighted by molar-refractivity contribution is 5.80. The summed E-state index contributed by atoms with van der Waals surface area (Å²) in [7, 11) is 0. The van der Waals surface area contributed by atoms with Gasteiger partial charge >= 0.3 is 0 Å². The Balaban J connectivity index is 2.15. The first-order chi connectivity index (χ1) is 8.02. The summed E-state index contributed by atoms with van der Waals surface area (Å²) in [4.78, 5) is 11.1. The minimum absolute atomic E-state index is 0.256. The number of hydrogen-bond donors (Lipinski definition) is 2. The molecular formula is C14H22N2O. The molecular weight excluding hydrogens is 212 g/mol. The Bertz CT molecular complexity index is 346. The maximum absolute atomic E-state index is 11.1. The van der Waals surface area contributed by atoms with Crippen LogP contribution in [0.5, 0.6) is 0 Å². The molecule has 1 aromatic carbocycles. The molecule has 0 saturated heterocycles. The van der Waals surface area contributed by atoms with E-state index in [-0.39, 0.29) is 5.91 Å². The van der Waals surface area contributed by atoms with Crippen molar-refractivity contribution in [2.45, 2.75) is 26.7 Å². The second-order valence-electron chi connectivity index (χ2n) is 5.01. The molecule has 3 heteroatoms. The van der Waals surface area contributed by atoms with Gasteiger partial charge in [-0.25, -0.2) is 0 Å². The zero-order valence-electron chi connectivity index (χ0n) is 10.7. The Morgan fingerprint density at radius 3 is 2.53 bits per heavy atom. The van der Waals surface area contributed by atoms with Gasteiger partial charge in [-0.3, -0.25) is 4.79 Å². The topological polar surface area (TPSA) is 55.1 Å². The quantitative estimate of drug-likeness (QED) is 0.706. The number of nitrogens with one attached hydrogen (secondary N) is 1. The van der Waals surface area contributed by atoms with Crippen LogP contribution in [0, 0.1) is 5.41 Å². The number of nitrogens with two attached hydrogens (primary N) is 1. The predicted molar refractivity (Wildman–Crippen MR) is 70.6 cm³/mol. The fourth-order valence-electron chi connectivity index (χ4n) is 1.55. The summed E-state index contributed by atoms with van der Waals surface area (Å²) in [5.74, 6) is -0.256. The molecule has 1 aromatic rings. The Hall–Kier alpha value is -1.35. The van der Waals surface area contributed by atoms with E-state index in [4.69, 9.17) is 5.73 Å². The molecule has 1 rings (SSSR count). The van der Waals surface area contributed by atoms with Crippen molar-refractivity contribution in [2.75, 3.05) is 13.1 Å². The van der Waals surface area contributed by atoms with Gasteiger partial charge in [0.2, 0.25) is 5.91 Å². The molecule has 0 bridgehead atoms. The lowest BCUT2D eigenvalue weighted by Crippen LogP contribution is -2.40. The first-order valence-electron chi connectivity index (χ1n) is 6.07. The predicted octanol–water partition coefficient (Wildman–Crippen LogP) is 1.72. The summed E-state index contributed by atoms with van der Waals surface area (Å²) >= 11 is 0. The van der Waals surface area contributed by atoms with Crippen molar-refractivity contribution in [1.82, 2.24) is 5.32 Å². The van der Waals surface area contributed by atoms with Crippen LogP contribution in [0.3, 0.4) is 0 Å². The van der Waals surface area contributed by atoms with E-state index in [1.807, 2.05) is 19.9 Å². The molecule has 0 unspecified atom stereocenters. The van der Waals surface area contributed by atoms with E-state index in [2.05, 4.69) is 29.6 Å². The number of primary amides is 1. The molecule has 0 fully saturated rings. The van der Waals surface area contributed by atoms with E-state index in [9.17, 15) is 4.79 Å². The van der Waals surface area contributed by atoms with Crippen molar-refractivity contribution in [2.24, 2.45) is 11.1 Å². The fourth-order valence-corrected chi connectivity index (χ4v) is 1.55. The van der Waals surface area contributed by atoms with Gasteiger partial charge in [0.15, 0.2) is 0 Å². The highest BCUT2D eigenvalue weighted by atomic mass is 16.1. The highest BCUT2D eigenvalue weighted by Gasteiger charge is 2.23. The molecule has 3 N–H and O–H groups in total. The first kappa shape index (κ1) is 13.7. The van der Waals surface area contributed by atoms with E-state index in [0.717, 1.165) is 19.4 Å². The van der Waals surface area contributed by atoms with Crippen LogP contribution in [0.2, 0.25) is 0 Å². The minimum atomic E-state index is -0.466. The van der Waals surface area contributed by atoms with Gasteiger partial charge in [0.25, 0.3) is 0 Å². The minimum Gasteiger partial charge on any atom is -0.369 e. The van der Waals surface area contributed by atoms with Crippen LogP contribution in [0.15, 0.2) is 30.3 Å². The van der Waals surface area contributed by atoms with Gasteiger partial charge in [-0.15, -0.1) is 0 Å². The van der Waals surface area contributed by atoms with Crippen LogP contribution in [0.4, 0.5) is 0 Å². The van der Waals surface area contributed by atoms with E-state index < -0.39 is 5.41 Å². The van der Waals surface area contributed by atoms with Crippen molar-refractivity contribution in [3.05, 3.63) is 35.9 Å². The molecule has 0 aromatic heterocycles. The summed E-state index contributed by atoms with van der Waals surface area (Å²) in [6, 6.07) is 10.4. The molecule has 0 aliphatic heterocycles. The van der Waals surface area contributed by atoms with Crippen LogP contribution >= 0.6 is 0 Å². The van der Waals surface area contributed by atoms with Gasteiger partial charge < -0.3 is 11.1 Å². The molecule has 0 aliphatic rings. The summed E-state index contributed by atoms with van der Waals surface area (Å²) in [5.41, 5.74) is 6.18. The largest absolute Gasteiger partial charge is 0.369 e. The SMILES string of the molecule is CC(C)(CNCCCc1ccccc1)C(N)=O. The van der Waals surface area contributed by atoms with Crippen LogP contribution in [-0.2, 0) is 11.2 Å². The van der Waals surface area contributed by atoms with Crippen molar-refractivity contribution in [1.29, 1.82) is 0 Å². The molecule has 0 radical (unpaired) electrons. The molecule has 0 spiro atoms. The molecule has 17 heavy (non-hydrogen) atoms. The Kier molecular flexibility index (Phi) is 5.16. The Morgan fingerprint density at radius 1 is 1.29 bits per heavy atom. The lowest BCUT2D eigenvalue weighted by molar-refractivity contribution is -0.125. The summed E-state index contributed by atoms with van der Waals surface area (Å²) in [6.07, 6.45) is 2.13. The maximum atomic E-state index is 11.1. The monoisotopic (exact) mass is 234 g/mol. The second-order valence-corrected chi connectivity index (χ2v) is 5.01. The second kappa shape index (κ2) is 6.40. The number of hydrogen-bond acceptors (Lipinski definition) is 2. The van der Waals surface area contributed by atoms with Gasteiger partial charge in [-0.1, -0.05) is 30.3 Å².